The van der Waals surface area contributed by atoms with Crippen LogP contribution in [0.3, 0.4) is 0 Å². The van der Waals surface area contributed by atoms with E-state index in [0.717, 1.165) is 18.5 Å². The second-order valence-electron chi connectivity index (χ2n) is 5.46. The van der Waals surface area contributed by atoms with E-state index in [1.54, 1.807) is 6.20 Å². The molecule has 0 aromatic carbocycles. The van der Waals surface area contributed by atoms with Crippen LogP contribution in [0.5, 0.6) is 5.75 Å². The molecule has 1 N–H and O–H groups in total. The topological polar surface area (TPSA) is 73.1 Å². The highest BCUT2D eigenvalue weighted by atomic mass is 16.5. The van der Waals surface area contributed by atoms with Crippen molar-refractivity contribution in [3.05, 3.63) is 29.9 Å². The summed E-state index contributed by atoms with van der Waals surface area (Å²) in [4.78, 5) is 4.16. The zero-order chi connectivity index (χ0) is 14.0. The Morgan fingerprint density at radius 1 is 1.35 bits per heavy atom. The fraction of sp³-hybridized carbons (Fsp3) is 0.500. The molecule has 2 aromatic heterocycles. The van der Waals surface area contributed by atoms with Gasteiger partial charge in [0.15, 0.2) is 6.61 Å². The standard InChI is InChI=1S/C14H18N4O2/c1-10-4-5-11(8-15-10)19-9-12-17-18-13(20-12)16-14(2)6-3-7-14/h4-5,8H,3,6-7,9H2,1-2H3,(H,16,18). The maximum atomic E-state index is 5.54. The van der Waals surface area contributed by atoms with E-state index in [-0.39, 0.29) is 12.1 Å². The van der Waals surface area contributed by atoms with Crippen LogP contribution in [0.1, 0.15) is 37.8 Å². The van der Waals surface area contributed by atoms with Gasteiger partial charge in [-0.1, -0.05) is 5.10 Å². The molecule has 0 amide bonds. The van der Waals surface area contributed by atoms with E-state index in [4.69, 9.17) is 9.15 Å². The fourth-order valence-corrected chi connectivity index (χ4v) is 2.14. The van der Waals surface area contributed by atoms with Gasteiger partial charge in [0.2, 0.25) is 0 Å². The van der Waals surface area contributed by atoms with Crippen LogP contribution in [0.4, 0.5) is 6.01 Å². The molecule has 2 aromatic rings. The summed E-state index contributed by atoms with van der Waals surface area (Å²) in [6, 6.07) is 4.23. The minimum atomic E-state index is 0.103. The lowest BCUT2D eigenvalue weighted by molar-refractivity contribution is 0.259. The number of hydrogen-bond acceptors (Lipinski definition) is 6. The predicted octanol–water partition coefficient (Wildman–Crippen LogP) is 2.71. The van der Waals surface area contributed by atoms with Crippen LogP contribution < -0.4 is 10.1 Å². The van der Waals surface area contributed by atoms with E-state index in [9.17, 15) is 0 Å². The van der Waals surface area contributed by atoms with Gasteiger partial charge in [-0.05, 0) is 45.2 Å². The molecule has 106 valence electrons. The highest BCUT2D eigenvalue weighted by Crippen LogP contribution is 2.34. The number of ether oxygens (including phenoxy) is 1. The Morgan fingerprint density at radius 2 is 2.20 bits per heavy atom. The molecule has 6 nitrogen and oxygen atoms in total. The average Bonchev–Trinajstić information content (AvgIpc) is 2.84. The lowest BCUT2D eigenvalue weighted by Gasteiger charge is -2.38. The minimum absolute atomic E-state index is 0.103. The van der Waals surface area contributed by atoms with Gasteiger partial charge in [-0.15, -0.1) is 5.10 Å². The molecule has 3 rings (SSSR count). The summed E-state index contributed by atoms with van der Waals surface area (Å²) in [7, 11) is 0. The molecule has 1 aliphatic rings. The normalized spacial score (nSPS) is 16.5. The SMILES string of the molecule is Cc1ccc(OCc2nnc(NC3(C)CCC3)o2)cn1. The molecular weight excluding hydrogens is 256 g/mol. The van der Waals surface area contributed by atoms with Gasteiger partial charge in [0.05, 0.1) is 6.20 Å². The Kier molecular flexibility index (Phi) is 3.30. The number of aromatic nitrogens is 3. The van der Waals surface area contributed by atoms with Crippen LogP contribution in [0.15, 0.2) is 22.7 Å². The number of pyridine rings is 1. The van der Waals surface area contributed by atoms with Gasteiger partial charge in [0, 0.05) is 11.2 Å². The Hall–Kier alpha value is -2.11. The van der Waals surface area contributed by atoms with E-state index in [1.165, 1.54) is 6.42 Å². The monoisotopic (exact) mass is 274 g/mol. The molecule has 0 unspecified atom stereocenters. The molecular formula is C14H18N4O2. The van der Waals surface area contributed by atoms with Crippen LogP contribution >= 0.6 is 0 Å². The summed E-state index contributed by atoms with van der Waals surface area (Å²) in [6.45, 7) is 4.34. The molecule has 0 radical (unpaired) electrons. The molecule has 0 atom stereocenters. The Bertz CT molecular complexity index is 575. The first kappa shape index (κ1) is 12.9. The fourth-order valence-electron chi connectivity index (χ4n) is 2.14. The summed E-state index contributed by atoms with van der Waals surface area (Å²) >= 11 is 0. The van der Waals surface area contributed by atoms with Gasteiger partial charge in [-0.25, -0.2) is 0 Å². The lowest BCUT2D eigenvalue weighted by Crippen LogP contribution is -2.41. The highest BCUT2D eigenvalue weighted by Gasteiger charge is 2.33. The van der Waals surface area contributed by atoms with Gasteiger partial charge in [-0.2, -0.15) is 0 Å². The lowest BCUT2D eigenvalue weighted by atomic mass is 9.79. The van der Waals surface area contributed by atoms with Crippen LogP contribution in [0.25, 0.3) is 0 Å². The smallest absolute Gasteiger partial charge is 0.316 e. The second kappa shape index (κ2) is 5.11. The first-order valence-electron chi connectivity index (χ1n) is 6.79. The molecule has 1 fully saturated rings. The molecule has 0 saturated heterocycles. The molecule has 2 heterocycles. The molecule has 6 heteroatoms. The van der Waals surface area contributed by atoms with E-state index < -0.39 is 0 Å². The predicted molar refractivity (Wildman–Crippen MR) is 73.5 cm³/mol. The van der Waals surface area contributed by atoms with Gasteiger partial charge >= 0.3 is 6.01 Å². The van der Waals surface area contributed by atoms with E-state index in [2.05, 4.69) is 27.4 Å². The van der Waals surface area contributed by atoms with Gasteiger partial charge in [0.25, 0.3) is 5.89 Å². The minimum Gasteiger partial charge on any atom is -0.482 e. The zero-order valence-corrected chi connectivity index (χ0v) is 11.7. The van der Waals surface area contributed by atoms with Gasteiger partial charge in [-0.3, -0.25) is 4.98 Å². The largest absolute Gasteiger partial charge is 0.482 e. The zero-order valence-electron chi connectivity index (χ0n) is 11.7. The number of aryl methyl sites for hydroxylation is 1. The molecule has 1 aliphatic carbocycles. The number of nitrogens with one attached hydrogen (secondary N) is 1. The molecule has 0 spiro atoms. The Labute approximate surface area is 117 Å². The van der Waals surface area contributed by atoms with Crippen molar-refractivity contribution in [1.82, 2.24) is 15.2 Å². The van der Waals surface area contributed by atoms with E-state index in [1.807, 2.05) is 19.1 Å². The van der Waals surface area contributed by atoms with Gasteiger partial charge < -0.3 is 14.5 Å². The number of anilines is 1. The van der Waals surface area contributed by atoms with Crippen molar-refractivity contribution in [2.45, 2.75) is 45.3 Å². The van der Waals surface area contributed by atoms with Gasteiger partial charge in [0.1, 0.15) is 5.75 Å². The maximum Gasteiger partial charge on any atom is 0.316 e. The molecule has 1 saturated carbocycles. The first-order chi connectivity index (χ1) is 9.63. The van der Waals surface area contributed by atoms with Crippen LogP contribution in [0.2, 0.25) is 0 Å². The van der Waals surface area contributed by atoms with Crippen LogP contribution in [0, 0.1) is 6.92 Å². The Morgan fingerprint density at radius 3 is 2.85 bits per heavy atom. The van der Waals surface area contributed by atoms with Crippen LogP contribution in [-0.2, 0) is 6.61 Å². The Balaban J connectivity index is 1.55. The highest BCUT2D eigenvalue weighted by molar-refractivity contribution is 5.25. The van der Waals surface area contributed by atoms with Crippen molar-refractivity contribution in [2.24, 2.45) is 0 Å². The van der Waals surface area contributed by atoms with Crippen molar-refractivity contribution in [3.8, 4) is 5.75 Å². The van der Waals surface area contributed by atoms with E-state index in [0.29, 0.717) is 17.7 Å². The molecule has 20 heavy (non-hydrogen) atoms. The summed E-state index contributed by atoms with van der Waals surface area (Å²) in [5.41, 5.74) is 1.06. The third-order valence-corrected chi connectivity index (χ3v) is 3.58. The van der Waals surface area contributed by atoms with Crippen LogP contribution in [-0.4, -0.2) is 20.7 Å². The summed E-state index contributed by atoms with van der Waals surface area (Å²) < 4.78 is 11.1. The summed E-state index contributed by atoms with van der Waals surface area (Å²) in [5.74, 6) is 1.14. The quantitative estimate of drug-likeness (QED) is 0.903. The number of rotatable bonds is 5. The van der Waals surface area contributed by atoms with E-state index >= 15 is 0 Å². The average molecular weight is 274 g/mol. The van der Waals surface area contributed by atoms with Crippen molar-refractivity contribution in [3.63, 3.8) is 0 Å². The third-order valence-electron chi connectivity index (χ3n) is 3.58. The second-order valence-corrected chi connectivity index (χ2v) is 5.46. The third kappa shape index (κ3) is 2.89. The summed E-state index contributed by atoms with van der Waals surface area (Å²) in [6.07, 6.45) is 5.20. The molecule has 0 aliphatic heterocycles. The van der Waals surface area contributed by atoms with Crippen molar-refractivity contribution in [2.75, 3.05) is 5.32 Å². The maximum absolute atomic E-state index is 5.54. The first-order valence-corrected chi connectivity index (χ1v) is 6.79. The summed E-state index contributed by atoms with van der Waals surface area (Å²) in [5, 5.41) is 11.2. The van der Waals surface area contributed by atoms with Crippen molar-refractivity contribution in [1.29, 1.82) is 0 Å². The molecule has 0 bridgehead atoms. The van der Waals surface area contributed by atoms with Crippen molar-refractivity contribution >= 4 is 6.01 Å². The number of nitrogens with zero attached hydrogens (tertiary/aromatic N) is 3. The van der Waals surface area contributed by atoms with Crippen molar-refractivity contribution < 1.29 is 9.15 Å². The number of hydrogen-bond donors (Lipinski definition) is 1.